The highest BCUT2D eigenvalue weighted by Crippen LogP contribution is 2.35. The van der Waals surface area contributed by atoms with Crippen molar-refractivity contribution in [2.75, 3.05) is 0 Å². The lowest BCUT2D eigenvalue weighted by molar-refractivity contribution is -0.120. The highest BCUT2D eigenvalue weighted by atomic mass is 79.9. The lowest BCUT2D eigenvalue weighted by atomic mass is 9.81. The van der Waals surface area contributed by atoms with Crippen LogP contribution in [0.3, 0.4) is 0 Å². The zero-order chi connectivity index (χ0) is 17.2. The van der Waals surface area contributed by atoms with Gasteiger partial charge in [-0.2, -0.15) is 0 Å². The topological polar surface area (TPSA) is 69.9 Å². The molecule has 1 aliphatic rings. The molecule has 2 aromatic carbocycles. The number of alkyl halides is 1. The highest BCUT2D eigenvalue weighted by Gasteiger charge is 2.52. The van der Waals surface area contributed by atoms with Gasteiger partial charge in [0.05, 0.1) is 0 Å². The molecule has 0 amide bonds. The Morgan fingerprint density at radius 2 is 1.29 bits per heavy atom. The van der Waals surface area contributed by atoms with Crippen molar-refractivity contribution in [2.45, 2.75) is 41.8 Å². The molecule has 0 spiro atoms. The van der Waals surface area contributed by atoms with E-state index >= 15 is 0 Å². The lowest BCUT2D eigenvalue weighted by Gasteiger charge is -2.35. The molecule has 0 unspecified atom stereocenters. The first-order valence-electron chi connectivity index (χ1n) is 7.95. The van der Waals surface area contributed by atoms with Crippen LogP contribution in [0.2, 0.25) is 0 Å². The van der Waals surface area contributed by atoms with Gasteiger partial charge in [-0.3, -0.25) is 0 Å². The van der Waals surface area contributed by atoms with Crippen molar-refractivity contribution in [3.63, 3.8) is 0 Å². The van der Waals surface area contributed by atoms with Crippen molar-refractivity contribution < 1.29 is 20.1 Å². The molecule has 0 bridgehead atoms. The minimum Gasteiger partial charge on any atom is -0.387 e. The third-order valence-corrected chi connectivity index (χ3v) is 5.20. The van der Waals surface area contributed by atoms with Crippen LogP contribution in [0.4, 0.5) is 0 Å². The molecule has 2 aromatic rings. The molecule has 128 valence electrons. The molecule has 1 saturated heterocycles. The van der Waals surface area contributed by atoms with Gasteiger partial charge in [0.1, 0.15) is 28.9 Å². The summed E-state index contributed by atoms with van der Waals surface area (Å²) in [5, 5.41) is 31.1. The van der Waals surface area contributed by atoms with Crippen molar-refractivity contribution >= 4 is 15.9 Å². The first kappa shape index (κ1) is 17.6. The molecule has 1 fully saturated rings. The summed E-state index contributed by atoms with van der Waals surface area (Å²) in [6.07, 6.45) is -2.49. The molecule has 0 saturated carbocycles. The number of halogens is 1. The fourth-order valence-corrected chi connectivity index (χ4v) is 3.79. The van der Waals surface area contributed by atoms with Gasteiger partial charge >= 0.3 is 0 Å². The summed E-state index contributed by atoms with van der Waals surface area (Å²) in [6, 6.07) is 19.2. The van der Waals surface area contributed by atoms with E-state index in [-0.39, 0.29) is 0 Å². The van der Waals surface area contributed by atoms with Crippen LogP contribution >= 0.6 is 15.9 Å². The van der Waals surface area contributed by atoms with Crippen molar-refractivity contribution in [1.82, 2.24) is 0 Å². The Bertz CT molecular complexity index is 607. The van der Waals surface area contributed by atoms with Crippen LogP contribution in [0.25, 0.3) is 0 Å². The summed E-state index contributed by atoms with van der Waals surface area (Å²) in [5.74, 6) is 0. The summed E-state index contributed by atoms with van der Waals surface area (Å²) in [7, 11) is 0. The average molecular weight is 393 g/mol. The third-order valence-electron chi connectivity index (χ3n) is 4.44. The zero-order valence-corrected chi connectivity index (χ0v) is 14.7. The van der Waals surface area contributed by atoms with E-state index in [4.69, 9.17) is 4.74 Å². The molecule has 4 nitrogen and oxygen atoms in total. The maximum atomic E-state index is 11.4. The van der Waals surface area contributed by atoms with Gasteiger partial charge in [-0.05, 0) is 11.1 Å². The van der Waals surface area contributed by atoms with Gasteiger partial charge in [0, 0.05) is 12.8 Å². The minimum atomic E-state index is -1.34. The molecule has 24 heavy (non-hydrogen) atoms. The van der Waals surface area contributed by atoms with E-state index in [1.54, 1.807) is 0 Å². The normalized spacial score (nSPS) is 27.3. The smallest absolute Gasteiger partial charge is 0.141 e. The lowest BCUT2D eigenvalue weighted by Crippen LogP contribution is -2.52. The van der Waals surface area contributed by atoms with Crippen molar-refractivity contribution in [2.24, 2.45) is 0 Å². The number of ether oxygens (including phenoxy) is 1. The second kappa shape index (κ2) is 7.33. The number of aliphatic hydroxyl groups is 3. The minimum absolute atomic E-state index is 0.316. The molecule has 5 heteroatoms. The summed E-state index contributed by atoms with van der Waals surface area (Å²) in [5.41, 5.74) is 0.546. The van der Waals surface area contributed by atoms with Gasteiger partial charge in [-0.1, -0.05) is 76.6 Å². The van der Waals surface area contributed by atoms with Crippen LogP contribution < -0.4 is 0 Å². The number of hydrogen-bond acceptors (Lipinski definition) is 4. The summed E-state index contributed by atoms with van der Waals surface area (Å²) < 4.78 is 5.66. The van der Waals surface area contributed by atoms with Crippen LogP contribution in [0, 0.1) is 0 Å². The second-order valence-corrected chi connectivity index (χ2v) is 7.22. The molecule has 0 aliphatic carbocycles. The predicted octanol–water partition coefficient (Wildman–Crippen LogP) is 2.04. The number of rotatable bonds is 5. The molecule has 1 heterocycles. The molecule has 0 aromatic heterocycles. The predicted molar refractivity (Wildman–Crippen MR) is 94.8 cm³/mol. The number of aliphatic hydroxyl groups excluding tert-OH is 2. The van der Waals surface area contributed by atoms with Crippen LogP contribution in [0.15, 0.2) is 60.7 Å². The van der Waals surface area contributed by atoms with Crippen molar-refractivity contribution in [1.29, 1.82) is 0 Å². The van der Waals surface area contributed by atoms with Gasteiger partial charge in [0.2, 0.25) is 0 Å². The third kappa shape index (κ3) is 3.71. The van der Waals surface area contributed by atoms with E-state index in [1.807, 2.05) is 60.7 Å². The molecular weight excluding hydrogens is 372 g/mol. The van der Waals surface area contributed by atoms with Gasteiger partial charge in [-0.15, -0.1) is 0 Å². The monoisotopic (exact) mass is 392 g/mol. The number of benzene rings is 2. The summed E-state index contributed by atoms with van der Waals surface area (Å²) >= 11 is 3.20. The fourth-order valence-electron chi connectivity index (χ4n) is 3.24. The van der Waals surface area contributed by atoms with Crippen molar-refractivity contribution in [3.8, 4) is 0 Å². The van der Waals surface area contributed by atoms with E-state index in [0.29, 0.717) is 12.8 Å². The molecule has 4 atom stereocenters. The summed E-state index contributed by atoms with van der Waals surface area (Å²) in [4.78, 5) is 0. The van der Waals surface area contributed by atoms with Gasteiger partial charge < -0.3 is 20.1 Å². The van der Waals surface area contributed by atoms with Gasteiger partial charge in [0.25, 0.3) is 0 Å². The van der Waals surface area contributed by atoms with Gasteiger partial charge in [0.15, 0.2) is 0 Å². The van der Waals surface area contributed by atoms with Crippen LogP contribution in [0.5, 0.6) is 0 Å². The van der Waals surface area contributed by atoms with Crippen LogP contribution in [-0.4, -0.2) is 44.2 Å². The molecule has 3 rings (SSSR count). The number of hydrogen-bond donors (Lipinski definition) is 3. The van der Waals surface area contributed by atoms with E-state index < -0.39 is 28.9 Å². The Morgan fingerprint density at radius 3 is 1.67 bits per heavy atom. The highest BCUT2D eigenvalue weighted by molar-refractivity contribution is 9.09. The first-order chi connectivity index (χ1) is 11.5. The van der Waals surface area contributed by atoms with Crippen LogP contribution in [-0.2, 0) is 17.6 Å². The fraction of sp³-hybridized carbons (Fsp3) is 0.368. The average Bonchev–Trinajstić information content (AvgIpc) is 2.85. The Balaban J connectivity index is 1.91. The Morgan fingerprint density at radius 1 is 0.833 bits per heavy atom. The second-order valence-electron chi connectivity index (χ2n) is 6.32. The maximum absolute atomic E-state index is 11.4. The van der Waals surface area contributed by atoms with E-state index in [1.165, 1.54) is 0 Å². The van der Waals surface area contributed by atoms with Crippen LogP contribution in [0.1, 0.15) is 11.1 Å². The first-order valence-corrected chi connectivity index (χ1v) is 8.87. The molecule has 0 radical (unpaired) electrons. The Labute approximate surface area is 149 Å². The van der Waals surface area contributed by atoms with E-state index in [2.05, 4.69) is 15.9 Å². The standard InChI is InChI=1S/C19H21BrO4/c20-18-16(22)15(21)17(24-18)19(23,11-13-7-3-1-4-8-13)12-14-9-5-2-6-10-14/h1-10,15-18,21-23H,11-12H2/t15-,16-,17-,18-/m0/s1. The van der Waals surface area contributed by atoms with Crippen molar-refractivity contribution in [3.05, 3.63) is 71.8 Å². The van der Waals surface area contributed by atoms with E-state index in [0.717, 1.165) is 11.1 Å². The summed E-state index contributed by atoms with van der Waals surface area (Å²) in [6.45, 7) is 0. The molecule has 1 aliphatic heterocycles. The Kier molecular flexibility index (Phi) is 5.37. The molecule has 3 N–H and O–H groups in total. The Hall–Kier alpha value is -1.24. The largest absolute Gasteiger partial charge is 0.387 e. The van der Waals surface area contributed by atoms with E-state index in [9.17, 15) is 15.3 Å². The molecular formula is C19H21BrO4. The quantitative estimate of drug-likeness (QED) is 0.681. The zero-order valence-electron chi connectivity index (χ0n) is 13.1. The maximum Gasteiger partial charge on any atom is 0.141 e. The van der Waals surface area contributed by atoms with Gasteiger partial charge in [-0.25, -0.2) is 0 Å². The SMILES string of the molecule is O[C@H]1[C@H](O)[C@@H](C(O)(Cc2ccccc2)Cc2ccccc2)O[C@@H]1Br.